The second-order valence-corrected chi connectivity index (χ2v) is 3.89. The molecule has 0 aromatic carbocycles. The quantitative estimate of drug-likeness (QED) is 0.516. The molecule has 0 aliphatic heterocycles. The Kier molecular flexibility index (Phi) is 13.3. The summed E-state index contributed by atoms with van der Waals surface area (Å²) in [7, 11) is 2.54. The molecule has 1 unspecified atom stereocenters. The third-order valence-corrected chi connectivity index (χ3v) is 2.06. The lowest BCUT2D eigenvalue weighted by Crippen LogP contribution is -2.40. The van der Waals surface area contributed by atoms with Crippen molar-refractivity contribution in [1.29, 1.82) is 0 Å². The number of amides is 2. The average molecular weight is 314 g/mol. The first-order valence-electron chi connectivity index (χ1n) is 6.34. The summed E-state index contributed by atoms with van der Waals surface area (Å²) in [6, 6.07) is -0.657. The molecule has 22 heavy (non-hydrogen) atoms. The molecule has 2 N–H and O–H groups in total. The highest BCUT2D eigenvalue weighted by molar-refractivity contribution is 5.83. The molecule has 8 heteroatoms. The molecule has 0 aliphatic carbocycles. The zero-order valence-corrected chi connectivity index (χ0v) is 13.4. The first-order chi connectivity index (χ1) is 10.3. The van der Waals surface area contributed by atoms with Crippen LogP contribution < -0.4 is 10.6 Å². The maximum Gasteiger partial charge on any atom is 0.329 e. The van der Waals surface area contributed by atoms with Gasteiger partial charge in [0.2, 0.25) is 11.8 Å². The van der Waals surface area contributed by atoms with E-state index in [-0.39, 0.29) is 24.8 Å². The van der Waals surface area contributed by atoms with Gasteiger partial charge in [0, 0.05) is 20.3 Å². The third-order valence-electron chi connectivity index (χ3n) is 2.06. The van der Waals surface area contributed by atoms with Crippen molar-refractivity contribution < 1.29 is 28.7 Å². The number of esters is 2. The molecular weight excluding hydrogens is 292 g/mol. The van der Waals surface area contributed by atoms with E-state index in [1.807, 2.05) is 0 Å². The van der Waals surface area contributed by atoms with Gasteiger partial charge in [-0.2, -0.15) is 0 Å². The summed E-state index contributed by atoms with van der Waals surface area (Å²) >= 11 is 0. The highest BCUT2D eigenvalue weighted by Crippen LogP contribution is 1.93. The van der Waals surface area contributed by atoms with Crippen LogP contribution in [0.5, 0.6) is 0 Å². The molecule has 0 heterocycles. The van der Waals surface area contributed by atoms with Crippen LogP contribution in [0.3, 0.4) is 0 Å². The number of hydrogen-bond acceptors (Lipinski definition) is 6. The Hall–Kier alpha value is -2.56. The van der Waals surface area contributed by atoms with Gasteiger partial charge >= 0.3 is 11.9 Å². The maximum absolute atomic E-state index is 11.0. The standard InChI is InChI=1S/C9H13NO3.C5H9NO3/c1-4-5-6-8(9(12)13-3)10-7(2)11;1-4(7)6-3-5(8)9-2/h8H,6H2,1-3H3,(H,10,11);3H2,1-2H3,(H,6,7). The van der Waals surface area contributed by atoms with E-state index in [1.165, 1.54) is 28.1 Å². The highest BCUT2D eigenvalue weighted by atomic mass is 16.5. The minimum atomic E-state index is -0.657. The van der Waals surface area contributed by atoms with E-state index in [2.05, 4.69) is 31.9 Å². The van der Waals surface area contributed by atoms with Crippen LogP contribution >= 0.6 is 0 Å². The Balaban J connectivity index is 0. The van der Waals surface area contributed by atoms with Gasteiger partial charge in [0.25, 0.3) is 0 Å². The lowest BCUT2D eigenvalue weighted by molar-refractivity contribution is -0.144. The monoisotopic (exact) mass is 314 g/mol. The molecule has 0 aromatic heterocycles. The van der Waals surface area contributed by atoms with Crippen molar-refractivity contribution in [3.8, 4) is 11.8 Å². The van der Waals surface area contributed by atoms with Crippen molar-refractivity contribution >= 4 is 23.8 Å². The number of ether oxygens (including phenoxy) is 2. The van der Waals surface area contributed by atoms with E-state index in [0.717, 1.165) is 0 Å². The number of hydrogen-bond donors (Lipinski definition) is 2. The van der Waals surface area contributed by atoms with Crippen LogP contribution in [0.1, 0.15) is 27.2 Å². The molecule has 2 amide bonds. The SMILES string of the molecule is CC#CCC(NC(C)=O)C(=O)OC.COC(=O)CNC(C)=O. The first kappa shape index (κ1) is 21.7. The fraction of sp³-hybridized carbons (Fsp3) is 0.571. The molecule has 8 nitrogen and oxygen atoms in total. The Morgan fingerprint density at radius 2 is 1.64 bits per heavy atom. The maximum atomic E-state index is 11.0. The van der Waals surface area contributed by atoms with E-state index < -0.39 is 18.0 Å². The lowest BCUT2D eigenvalue weighted by Gasteiger charge is -2.11. The Morgan fingerprint density at radius 3 is 2.00 bits per heavy atom. The molecule has 0 aromatic rings. The Labute approximate surface area is 129 Å². The summed E-state index contributed by atoms with van der Waals surface area (Å²) < 4.78 is 8.74. The van der Waals surface area contributed by atoms with Gasteiger partial charge in [-0.15, -0.1) is 11.8 Å². The summed E-state index contributed by atoms with van der Waals surface area (Å²) in [5.41, 5.74) is 0. The van der Waals surface area contributed by atoms with Gasteiger partial charge in [-0.1, -0.05) is 0 Å². The van der Waals surface area contributed by atoms with Crippen LogP contribution in [0.15, 0.2) is 0 Å². The fourth-order valence-electron chi connectivity index (χ4n) is 1.05. The molecule has 1 atom stereocenters. The first-order valence-corrected chi connectivity index (χ1v) is 6.34. The molecular formula is C14H22N2O6. The zero-order valence-electron chi connectivity index (χ0n) is 13.4. The fourth-order valence-corrected chi connectivity index (χ4v) is 1.05. The van der Waals surface area contributed by atoms with E-state index in [4.69, 9.17) is 0 Å². The summed E-state index contributed by atoms with van der Waals surface area (Å²) in [5.74, 6) is 3.93. The van der Waals surface area contributed by atoms with Gasteiger partial charge in [0.15, 0.2) is 0 Å². The van der Waals surface area contributed by atoms with E-state index in [9.17, 15) is 19.2 Å². The zero-order chi connectivity index (χ0) is 17.5. The minimum absolute atomic E-state index is 0.0498. The van der Waals surface area contributed by atoms with Gasteiger partial charge in [-0.05, 0) is 6.92 Å². The Morgan fingerprint density at radius 1 is 1.05 bits per heavy atom. The average Bonchev–Trinajstić information content (AvgIpc) is 2.48. The molecule has 0 spiro atoms. The summed E-state index contributed by atoms with van der Waals surface area (Å²) in [6.07, 6.45) is 0.281. The van der Waals surface area contributed by atoms with Crippen LogP contribution in [0.2, 0.25) is 0 Å². The van der Waals surface area contributed by atoms with Crippen LogP contribution in [0, 0.1) is 11.8 Å². The Bertz CT molecular complexity index is 450. The topological polar surface area (TPSA) is 111 Å². The number of nitrogens with one attached hydrogen (secondary N) is 2. The number of rotatable bonds is 5. The third kappa shape index (κ3) is 13.9. The van der Waals surface area contributed by atoms with Gasteiger partial charge in [-0.3, -0.25) is 14.4 Å². The number of methoxy groups -OCH3 is 2. The van der Waals surface area contributed by atoms with Crippen LogP contribution in [0.25, 0.3) is 0 Å². The molecule has 0 saturated carbocycles. The van der Waals surface area contributed by atoms with Crippen molar-refractivity contribution in [2.75, 3.05) is 20.8 Å². The molecule has 0 bridgehead atoms. The lowest BCUT2D eigenvalue weighted by atomic mass is 10.2. The second-order valence-electron chi connectivity index (χ2n) is 3.89. The predicted molar refractivity (Wildman–Crippen MR) is 78.4 cm³/mol. The van der Waals surface area contributed by atoms with Crippen molar-refractivity contribution in [2.24, 2.45) is 0 Å². The van der Waals surface area contributed by atoms with Crippen LogP contribution in [0.4, 0.5) is 0 Å². The van der Waals surface area contributed by atoms with E-state index in [1.54, 1.807) is 6.92 Å². The van der Waals surface area contributed by atoms with E-state index in [0.29, 0.717) is 0 Å². The van der Waals surface area contributed by atoms with Crippen LogP contribution in [-0.2, 0) is 28.7 Å². The predicted octanol–water partition coefficient (Wildman–Crippen LogP) is -0.627. The van der Waals surface area contributed by atoms with Gasteiger partial charge < -0.3 is 20.1 Å². The van der Waals surface area contributed by atoms with Crippen molar-refractivity contribution in [2.45, 2.75) is 33.2 Å². The largest absolute Gasteiger partial charge is 0.468 e. The van der Waals surface area contributed by atoms with E-state index >= 15 is 0 Å². The summed E-state index contributed by atoms with van der Waals surface area (Å²) in [5, 5.41) is 4.73. The molecule has 0 fully saturated rings. The molecule has 0 saturated heterocycles. The van der Waals surface area contributed by atoms with Gasteiger partial charge in [-0.25, -0.2) is 4.79 Å². The summed E-state index contributed by atoms with van der Waals surface area (Å²) in [4.78, 5) is 42.1. The minimum Gasteiger partial charge on any atom is -0.468 e. The molecule has 0 aliphatic rings. The van der Waals surface area contributed by atoms with Crippen molar-refractivity contribution in [3.05, 3.63) is 0 Å². The molecule has 0 rings (SSSR count). The van der Waals surface area contributed by atoms with Crippen molar-refractivity contribution in [1.82, 2.24) is 10.6 Å². The molecule has 0 radical (unpaired) electrons. The number of carbonyl (C=O) groups is 4. The molecule has 124 valence electrons. The van der Waals surface area contributed by atoms with Crippen molar-refractivity contribution in [3.63, 3.8) is 0 Å². The summed E-state index contributed by atoms with van der Waals surface area (Å²) in [6.45, 7) is 4.30. The normalized spacial score (nSPS) is 9.68. The van der Waals surface area contributed by atoms with Crippen LogP contribution in [-0.4, -0.2) is 50.6 Å². The number of carbonyl (C=O) groups excluding carboxylic acids is 4. The van der Waals surface area contributed by atoms with Gasteiger partial charge in [0.1, 0.15) is 12.6 Å². The second kappa shape index (κ2) is 13.4. The van der Waals surface area contributed by atoms with Gasteiger partial charge in [0.05, 0.1) is 14.2 Å². The smallest absolute Gasteiger partial charge is 0.329 e. The highest BCUT2D eigenvalue weighted by Gasteiger charge is 2.18.